The third kappa shape index (κ3) is 3.71. The van der Waals surface area contributed by atoms with Crippen LogP contribution in [0.1, 0.15) is 12.0 Å². The van der Waals surface area contributed by atoms with E-state index in [1.165, 1.54) is 15.8 Å². The zero-order chi connectivity index (χ0) is 18.8. The number of anilines is 1. The molecule has 0 aliphatic carbocycles. The molecule has 1 aliphatic rings. The maximum Gasteiger partial charge on any atom is 0.420 e. The van der Waals surface area contributed by atoms with Gasteiger partial charge in [0.25, 0.3) is 0 Å². The Labute approximate surface area is 161 Å². The van der Waals surface area contributed by atoms with Crippen molar-refractivity contribution in [2.24, 2.45) is 0 Å². The van der Waals surface area contributed by atoms with E-state index in [0.717, 1.165) is 25.9 Å². The van der Waals surface area contributed by atoms with Crippen molar-refractivity contribution in [2.45, 2.75) is 19.4 Å². The van der Waals surface area contributed by atoms with Gasteiger partial charge in [0.2, 0.25) is 5.91 Å². The van der Waals surface area contributed by atoms with Gasteiger partial charge >= 0.3 is 5.76 Å². The first-order valence-electron chi connectivity index (χ1n) is 9.00. The fourth-order valence-electron chi connectivity index (χ4n) is 3.56. The second-order valence-corrected chi connectivity index (χ2v) is 7.07. The van der Waals surface area contributed by atoms with Crippen LogP contribution in [0, 0.1) is 0 Å². The minimum atomic E-state index is -0.563. The Morgan fingerprint density at radius 1 is 1.22 bits per heavy atom. The van der Waals surface area contributed by atoms with Gasteiger partial charge in [0.15, 0.2) is 5.58 Å². The number of fused-ring (bicyclic) bond motifs is 2. The molecule has 0 spiro atoms. The Kier molecular flexibility index (Phi) is 4.90. The van der Waals surface area contributed by atoms with Crippen molar-refractivity contribution >= 4 is 34.3 Å². The van der Waals surface area contributed by atoms with E-state index in [4.69, 9.17) is 16.0 Å². The van der Waals surface area contributed by atoms with Crippen LogP contribution in [0.3, 0.4) is 0 Å². The first-order chi connectivity index (χ1) is 13.1. The molecule has 0 saturated carbocycles. The maximum atomic E-state index is 12.3. The van der Waals surface area contributed by atoms with Gasteiger partial charge in [-0.1, -0.05) is 29.8 Å². The van der Waals surface area contributed by atoms with Gasteiger partial charge in [0.05, 0.1) is 5.52 Å². The predicted molar refractivity (Wildman–Crippen MR) is 105 cm³/mol. The van der Waals surface area contributed by atoms with Crippen LogP contribution < -0.4 is 16.0 Å². The molecule has 2 heterocycles. The number of carbonyl (C=O) groups is 1. The summed E-state index contributed by atoms with van der Waals surface area (Å²) in [5, 5.41) is 3.38. The molecule has 0 bridgehead atoms. The quantitative estimate of drug-likeness (QED) is 0.733. The molecule has 6 nitrogen and oxygen atoms in total. The molecular weight excluding hydrogens is 366 g/mol. The number of amides is 1. The summed E-state index contributed by atoms with van der Waals surface area (Å²) in [6.07, 6.45) is 2.21. The summed E-state index contributed by atoms with van der Waals surface area (Å²) in [5.41, 5.74) is 3.53. The molecule has 7 heteroatoms. The Morgan fingerprint density at radius 3 is 2.96 bits per heavy atom. The van der Waals surface area contributed by atoms with E-state index in [1.54, 1.807) is 18.2 Å². The third-order valence-corrected chi connectivity index (χ3v) is 5.08. The minimum absolute atomic E-state index is 0.0793. The largest absolute Gasteiger partial charge is 0.420 e. The fraction of sp³-hybridized carbons (Fsp3) is 0.300. The molecule has 2 aromatic carbocycles. The van der Waals surface area contributed by atoms with Gasteiger partial charge in [-0.05, 0) is 36.6 Å². The third-order valence-electron chi connectivity index (χ3n) is 4.84. The molecule has 1 aromatic heterocycles. The molecular formula is C20H20ClN3O3. The number of rotatable bonds is 5. The monoisotopic (exact) mass is 385 g/mol. The topological polar surface area (TPSA) is 67.5 Å². The summed E-state index contributed by atoms with van der Waals surface area (Å²) in [5.74, 6) is -0.785. The summed E-state index contributed by atoms with van der Waals surface area (Å²) in [6, 6.07) is 13.3. The molecule has 27 heavy (non-hydrogen) atoms. The summed E-state index contributed by atoms with van der Waals surface area (Å²) < 4.78 is 6.47. The van der Waals surface area contributed by atoms with Crippen LogP contribution in [-0.4, -0.2) is 30.1 Å². The number of para-hydroxylation sites is 1. The number of oxazole rings is 1. The highest BCUT2D eigenvalue weighted by Gasteiger charge is 2.17. The summed E-state index contributed by atoms with van der Waals surface area (Å²) in [6.45, 7) is 2.16. The molecule has 0 atom stereocenters. The standard InChI is InChI=1S/C20H20ClN3O3/c21-15-7-8-17-18(12-15)27-20(26)24(17)13-19(25)22-9-11-23-10-3-5-14-4-1-2-6-16(14)23/h1-2,4,6-8,12H,3,5,9-11,13H2,(H,22,25). The molecule has 1 amide bonds. The van der Waals surface area contributed by atoms with Crippen LogP contribution in [0.5, 0.6) is 0 Å². The van der Waals surface area contributed by atoms with Crippen LogP contribution >= 0.6 is 11.6 Å². The zero-order valence-corrected chi connectivity index (χ0v) is 15.5. The van der Waals surface area contributed by atoms with Crippen LogP contribution in [0.2, 0.25) is 5.02 Å². The number of aromatic nitrogens is 1. The summed E-state index contributed by atoms with van der Waals surface area (Å²) >= 11 is 5.91. The van der Waals surface area contributed by atoms with Crippen molar-refractivity contribution in [3.8, 4) is 0 Å². The summed E-state index contributed by atoms with van der Waals surface area (Å²) in [7, 11) is 0. The number of halogens is 1. The average Bonchev–Trinajstić information content (AvgIpc) is 2.96. The average molecular weight is 386 g/mol. The molecule has 3 aromatic rings. The predicted octanol–water partition coefficient (Wildman–Crippen LogP) is 2.82. The molecule has 0 saturated heterocycles. The number of carbonyl (C=O) groups excluding carboxylic acids is 1. The molecule has 4 rings (SSSR count). The SMILES string of the molecule is O=C(Cn1c(=O)oc2cc(Cl)ccc21)NCCN1CCCc2ccccc21. The molecule has 1 N–H and O–H groups in total. The number of nitrogens with zero attached hydrogens (tertiary/aromatic N) is 2. The number of aryl methyl sites for hydroxylation is 1. The van der Waals surface area contributed by atoms with E-state index in [0.29, 0.717) is 22.7 Å². The van der Waals surface area contributed by atoms with Crippen molar-refractivity contribution in [3.63, 3.8) is 0 Å². The normalized spacial score (nSPS) is 13.6. The highest BCUT2D eigenvalue weighted by atomic mass is 35.5. The second-order valence-electron chi connectivity index (χ2n) is 6.64. The van der Waals surface area contributed by atoms with Gasteiger partial charge in [-0.15, -0.1) is 0 Å². The highest BCUT2D eigenvalue weighted by Crippen LogP contribution is 2.26. The lowest BCUT2D eigenvalue weighted by molar-refractivity contribution is -0.121. The second kappa shape index (κ2) is 7.48. The molecule has 0 fully saturated rings. The number of benzene rings is 2. The van der Waals surface area contributed by atoms with E-state index in [2.05, 4.69) is 28.4 Å². The van der Waals surface area contributed by atoms with Crippen LogP contribution in [0.15, 0.2) is 51.7 Å². The van der Waals surface area contributed by atoms with Crippen molar-refractivity contribution in [2.75, 3.05) is 24.5 Å². The molecule has 0 radical (unpaired) electrons. The Bertz CT molecular complexity index is 1040. The van der Waals surface area contributed by atoms with Gasteiger partial charge in [0.1, 0.15) is 6.54 Å². The Hall–Kier alpha value is -2.73. The lowest BCUT2D eigenvalue weighted by Gasteiger charge is -2.31. The van der Waals surface area contributed by atoms with E-state index < -0.39 is 5.76 Å². The highest BCUT2D eigenvalue weighted by molar-refractivity contribution is 6.31. The van der Waals surface area contributed by atoms with Crippen molar-refractivity contribution in [3.05, 3.63) is 63.6 Å². The van der Waals surface area contributed by atoms with E-state index in [9.17, 15) is 9.59 Å². The van der Waals surface area contributed by atoms with Gasteiger partial charge in [-0.2, -0.15) is 0 Å². The number of nitrogens with one attached hydrogen (secondary N) is 1. The smallest absolute Gasteiger partial charge is 0.408 e. The lowest BCUT2D eigenvalue weighted by atomic mass is 10.0. The van der Waals surface area contributed by atoms with Crippen molar-refractivity contribution in [1.29, 1.82) is 0 Å². The number of hydrogen-bond donors (Lipinski definition) is 1. The molecule has 1 aliphatic heterocycles. The first-order valence-corrected chi connectivity index (χ1v) is 9.38. The van der Waals surface area contributed by atoms with Crippen molar-refractivity contribution < 1.29 is 9.21 Å². The van der Waals surface area contributed by atoms with E-state index in [-0.39, 0.29) is 12.5 Å². The molecule has 0 unspecified atom stereocenters. The first kappa shape index (κ1) is 17.7. The van der Waals surface area contributed by atoms with E-state index in [1.807, 2.05) is 6.07 Å². The maximum absolute atomic E-state index is 12.3. The van der Waals surface area contributed by atoms with Gasteiger partial charge in [0, 0.05) is 36.4 Å². The Balaban J connectivity index is 1.37. The van der Waals surface area contributed by atoms with Crippen molar-refractivity contribution in [1.82, 2.24) is 9.88 Å². The van der Waals surface area contributed by atoms with Gasteiger partial charge in [-0.3, -0.25) is 9.36 Å². The van der Waals surface area contributed by atoms with Gasteiger partial charge < -0.3 is 14.6 Å². The fourth-order valence-corrected chi connectivity index (χ4v) is 3.73. The number of hydrogen-bond acceptors (Lipinski definition) is 4. The van der Waals surface area contributed by atoms with Crippen LogP contribution in [0.25, 0.3) is 11.1 Å². The molecule has 140 valence electrons. The zero-order valence-electron chi connectivity index (χ0n) is 14.8. The van der Waals surface area contributed by atoms with Crippen LogP contribution in [0.4, 0.5) is 5.69 Å². The van der Waals surface area contributed by atoms with Crippen LogP contribution in [-0.2, 0) is 17.8 Å². The van der Waals surface area contributed by atoms with Gasteiger partial charge in [-0.25, -0.2) is 4.79 Å². The van der Waals surface area contributed by atoms with E-state index >= 15 is 0 Å². The summed E-state index contributed by atoms with van der Waals surface area (Å²) in [4.78, 5) is 26.6. The Morgan fingerprint density at radius 2 is 2.07 bits per heavy atom. The minimum Gasteiger partial charge on any atom is -0.408 e. The lowest BCUT2D eigenvalue weighted by Crippen LogP contribution is -2.39.